The first-order valence-electron chi connectivity index (χ1n) is 7.00. The number of hydrogen-bond acceptors (Lipinski definition) is 4. The number of carbonyl (C=O) groups is 1. The van der Waals surface area contributed by atoms with E-state index in [9.17, 15) is 14.0 Å². The molecule has 0 radical (unpaired) electrons. The smallest absolute Gasteiger partial charge is 0.417 e. The van der Waals surface area contributed by atoms with Gasteiger partial charge in [0, 0.05) is 11.8 Å². The van der Waals surface area contributed by atoms with E-state index in [1.807, 2.05) is 0 Å². The Bertz CT molecular complexity index is 988. The number of aromatic amines is 1. The number of aromatic nitrogens is 1. The largest absolute Gasteiger partial charge is 0.494 e. The van der Waals surface area contributed by atoms with Crippen LogP contribution in [0.3, 0.4) is 0 Å². The van der Waals surface area contributed by atoms with Crippen LogP contribution in [0.15, 0.2) is 51.7 Å². The first-order chi connectivity index (χ1) is 11.5. The standard InChI is InChI=1S/C17H13FN2O4/c1-23-14-5-2-10(8-12(14)18)3-7-16(21)19-11-4-6-15-13(9-11)20-17(22)24-15/h2-9H,1H3,(H,19,21)(H,20,22)/b7-3+. The summed E-state index contributed by atoms with van der Waals surface area (Å²) in [6.07, 6.45) is 2.76. The third kappa shape index (κ3) is 3.35. The molecule has 2 N–H and O–H groups in total. The number of oxazole rings is 1. The van der Waals surface area contributed by atoms with Crippen molar-refractivity contribution in [2.24, 2.45) is 0 Å². The SMILES string of the molecule is COc1ccc(/C=C/C(=O)Nc2ccc3oc(=O)[nH]c3c2)cc1F. The van der Waals surface area contributed by atoms with E-state index in [1.54, 1.807) is 24.3 Å². The van der Waals surface area contributed by atoms with Crippen molar-refractivity contribution in [3.8, 4) is 5.75 Å². The molecule has 0 bridgehead atoms. The Kier molecular flexibility index (Phi) is 4.15. The Balaban J connectivity index is 1.71. The lowest BCUT2D eigenvalue weighted by molar-refractivity contribution is -0.111. The van der Waals surface area contributed by atoms with Crippen molar-refractivity contribution < 1.29 is 18.3 Å². The van der Waals surface area contributed by atoms with E-state index in [4.69, 9.17) is 9.15 Å². The third-order valence-corrected chi connectivity index (χ3v) is 3.29. The van der Waals surface area contributed by atoms with Crippen molar-refractivity contribution in [2.45, 2.75) is 0 Å². The first-order valence-corrected chi connectivity index (χ1v) is 7.00. The molecule has 6 nitrogen and oxygen atoms in total. The molecule has 1 heterocycles. The molecule has 0 aliphatic heterocycles. The van der Waals surface area contributed by atoms with Crippen molar-refractivity contribution in [1.82, 2.24) is 4.98 Å². The molecule has 0 spiro atoms. The van der Waals surface area contributed by atoms with E-state index in [0.29, 0.717) is 22.4 Å². The highest BCUT2D eigenvalue weighted by molar-refractivity contribution is 6.02. The average molecular weight is 328 g/mol. The molecular formula is C17H13FN2O4. The van der Waals surface area contributed by atoms with Gasteiger partial charge >= 0.3 is 5.76 Å². The van der Waals surface area contributed by atoms with Crippen LogP contribution in [0, 0.1) is 5.82 Å². The molecule has 0 unspecified atom stereocenters. The van der Waals surface area contributed by atoms with Crippen molar-refractivity contribution in [1.29, 1.82) is 0 Å². The minimum atomic E-state index is -0.560. The van der Waals surface area contributed by atoms with Gasteiger partial charge in [0.2, 0.25) is 5.91 Å². The van der Waals surface area contributed by atoms with Crippen molar-refractivity contribution >= 4 is 28.8 Å². The summed E-state index contributed by atoms with van der Waals surface area (Å²) in [6.45, 7) is 0. The number of rotatable bonds is 4. The number of H-pyrrole nitrogens is 1. The summed E-state index contributed by atoms with van der Waals surface area (Å²) in [7, 11) is 1.38. The predicted octanol–water partition coefficient (Wildman–Crippen LogP) is 2.92. The molecule has 122 valence electrons. The van der Waals surface area contributed by atoms with Gasteiger partial charge in [-0.3, -0.25) is 9.78 Å². The van der Waals surface area contributed by atoms with E-state index in [1.165, 1.54) is 31.4 Å². The van der Waals surface area contributed by atoms with E-state index >= 15 is 0 Å². The van der Waals surface area contributed by atoms with Gasteiger partial charge in [-0.05, 0) is 42.0 Å². The summed E-state index contributed by atoms with van der Waals surface area (Å²) in [5.41, 5.74) is 1.91. The molecule has 3 aromatic rings. The predicted molar refractivity (Wildman–Crippen MR) is 87.5 cm³/mol. The monoisotopic (exact) mass is 328 g/mol. The van der Waals surface area contributed by atoms with Crippen LogP contribution in [0.1, 0.15) is 5.56 Å². The van der Waals surface area contributed by atoms with Gasteiger partial charge in [-0.25, -0.2) is 9.18 Å². The number of hydrogen-bond donors (Lipinski definition) is 2. The summed E-state index contributed by atoms with van der Waals surface area (Å²) in [5.74, 6) is -1.32. The maximum absolute atomic E-state index is 13.6. The number of amides is 1. The second-order valence-electron chi connectivity index (χ2n) is 4.94. The molecule has 24 heavy (non-hydrogen) atoms. The molecule has 0 aliphatic carbocycles. The molecule has 1 amide bonds. The van der Waals surface area contributed by atoms with Gasteiger partial charge in [-0.15, -0.1) is 0 Å². The molecule has 0 fully saturated rings. The van der Waals surface area contributed by atoms with Crippen LogP contribution in [0.25, 0.3) is 17.2 Å². The number of methoxy groups -OCH3 is 1. The number of fused-ring (bicyclic) bond motifs is 1. The van der Waals surface area contributed by atoms with Gasteiger partial charge in [0.1, 0.15) is 0 Å². The summed E-state index contributed by atoms with van der Waals surface area (Å²) in [5, 5.41) is 2.64. The summed E-state index contributed by atoms with van der Waals surface area (Å²) >= 11 is 0. The zero-order chi connectivity index (χ0) is 17.1. The number of benzene rings is 2. The molecule has 2 aromatic carbocycles. The summed E-state index contributed by atoms with van der Waals surface area (Å²) in [6, 6.07) is 9.15. The first kappa shape index (κ1) is 15.5. The van der Waals surface area contributed by atoms with Crippen LogP contribution in [0.4, 0.5) is 10.1 Å². The maximum atomic E-state index is 13.6. The van der Waals surface area contributed by atoms with E-state index in [0.717, 1.165) is 0 Å². The molecule has 7 heteroatoms. The minimum absolute atomic E-state index is 0.138. The fraction of sp³-hybridized carbons (Fsp3) is 0.0588. The Hall–Kier alpha value is -3.35. The third-order valence-electron chi connectivity index (χ3n) is 3.29. The fourth-order valence-corrected chi connectivity index (χ4v) is 2.17. The van der Waals surface area contributed by atoms with Crippen LogP contribution >= 0.6 is 0 Å². The quantitative estimate of drug-likeness (QED) is 0.721. The Morgan fingerprint density at radius 1 is 1.29 bits per heavy atom. The number of anilines is 1. The number of halogens is 1. The van der Waals surface area contributed by atoms with Crippen LogP contribution in [-0.2, 0) is 4.79 Å². The summed E-state index contributed by atoms with van der Waals surface area (Å²) in [4.78, 5) is 25.5. The lowest BCUT2D eigenvalue weighted by atomic mass is 10.2. The normalized spacial score (nSPS) is 11.1. The highest BCUT2D eigenvalue weighted by atomic mass is 19.1. The van der Waals surface area contributed by atoms with Crippen molar-refractivity contribution in [3.63, 3.8) is 0 Å². The second kappa shape index (κ2) is 6.41. The van der Waals surface area contributed by atoms with E-state index in [2.05, 4.69) is 10.3 Å². The van der Waals surface area contributed by atoms with Gasteiger partial charge in [-0.1, -0.05) is 6.07 Å². The number of carbonyl (C=O) groups excluding carboxylic acids is 1. The lowest BCUT2D eigenvalue weighted by Crippen LogP contribution is -2.07. The van der Waals surface area contributed by atoms with Crippen molar-refractivity contribution in [3.05, 3.63) is 64.4 Å². The molecular weight excluding hydrogens is 315 g/mol. The van der Waals surface area contributed by atoms with Gasteiger partial charge in [0.15, 0.2) is 17.1 Å². The molecule has 0 aliphatic rings. The van der Waals surface area contributed by atoms with Gasteiger partial charge in [0.05, 0.1) is 12.6 Å². The second-order valence-corrected chi connectivity index (χ2v) is 4.94. The highest BCUT2D eigenvalue weighted by Crippen LogP contribution is 2.19. The van der Waals surface area contributed by atoms with Gasteiger partial charge in [0.25, 0.3) is 0 Å². The lowest BCUT2D eigenvalue weighted by Gasteiger charge is -2.03. The van der Waals surface area contributed by atoms with Gasteiger partial charge < -0.3 is 14.5 Å². The molecule has 0 saturated carbocycles. The zero-order valence-corrected chi connectivity index (χ0v) is 12.6. The average Bonchev–Trinajstić information content (AvgIpc) is 2.92. The molecule has 0 atom stereocenters. The topological polar surface area (TPSA) is 84.3 Å². The Morgan fingerprint density at radius 3 is 2.88 bits per heavy atom. The Morgan fingerprint density at radius 2 is 2.12 bits per heavy atom. The minimum Gasteiger partial charge on any atom is -0.494 e. The zero-order valence-electron chi connectivity index (χ0n) is 12.6. The van der Waals surface area contributed by atoms with E-state index < -0.39 is 17.5 Å². The van der Waals surface area contributed by atoms with E-state index in [-0.39, 0.29) is 5.75 Å². The summed E-state index contributed by atoms with van der Waals surface area (Å²) < 4.78 is 23.3. The van der Waals surface area contributed by atoms with Crippen LogP contribution < -0.4 is 15.8 Å². The number of ether oxygens (including phenoxy) is 1. The molecule has 1 aromatic heterocycles. The Labute approximate surface area is 135 Å². The van der Waals surface area contributed by atoms with Gasteiger partial charge in [-0.2, -0.15) is 0 Å². The van der Waals surface area contributed by atoms with Crippen molar-refractivity contribution in [2.75, 3.05) is 12.4 Å². The van der Waals surface area contributed by atoms with Crippen LogP contribution in [-0.4, -0.2) is 18.0 Å². The molecule has 0 saturated heterocycles. The number of nitrogens with one attached hydrogen (secondary N) is 2. The maximum Gasteiger partial charge on any atom is 0.417 e. The fourth-order valence-electron chi connectivity index (χ4n) is 2.17. The highest BCUT2D eigenvalue weighted by Gasteiger charge is 2.05. The molecule has 3 rings (SSSR count). The van der Waals surface area contributed by atoms with Crippen LogP contribution in [0.5, 0.6) is 5.75 Å². The van der Waals surface area contributed by atoms with Crippen LogP contribution in [0.2, 0.25) is 0 Å².